The topological polar surface area (TPSA) is 89.3 Å². The van der Waals surface area contributed by atoms with Crippen LogP contribution in [0.5, 0.6) is 0 Å². The Labute approximate surface area is 151 Å². The van der Waals surface area contributed by atoms with E-state index in [-0.39, 0.29) is 16.1 Å². The maximum absolute atomic E-state index is 12.8. The van der Waals surface area contributed by atoms with Crippen LogP contribution in [0.3, 0.4) is 0 Å². The van der Waals surface area contributed by atoms with Gasteiger partial charge < -0.3 is 0 Å². The van der Waals surface area contributed by atoms with E-state index in [4.69, 9.17) is 0 Å². The molecule has 26 heavy (non-hydrogen) atoms. The number of hydrogen-bond donors (Lipinski definition) is 1. The first kappa shape index (κ1) is 18.0. The smallest absolute Gasteiger partial charge is 0.258 e. The molecule has 1 unspecified atom stereocenters. The molecule has 0 saturated heterocycles. The first-order chi connectivity index (χ1) is 12.3. The van der Waals surface area contributed by atoms with Crippen LogP contribution in [0, 0.1) is 17.0 Å². The second-order valence-electron chi connectivity index (χ2n) is 6.07. The van der Waals surface area contributed by atoms with Gasteiger partial charge in [0, 0.05) is 17.7 Å². The molecule has 1 N–H and O–H groups in total. The van der Waals surface area contributed by atoms with Gasteiger partial charge in [0.25, 0.3) is 5.69 Å². The van der Waals surface area contributed by atoms with Crippen molar-refractivity contribution in [3.05, 3.63) is 81.9 Å². The van der Waals surface area contributed by atoms with Gasteiger partial charge in [-0.25, -0.2) is 13.1 Å². The summed E-state index contributed by atoms with van der Waals surface area (Å²) in [6, 6.07) is 17.0. The summed E-state index contributed by atoms with van der Waals surface area (Å²) < 4.78 is 28.3. The molecular formula is C19H18N2O4S. The van der Waals surface area contributed by atoms with Crippen molar-refractivity contribution in [3.8, 4) is 0 Å². The van der Waals surface area contributed by atoms with Crippen molar-refractivity contribution in [3.63, 3.8) is 0 Å². The minimum Gasteiger partial charge on any atom is -0.258 e. The predicted molar refractivity (Wildman–Crippen MR) is 101 cm³/mol. The Hall–Kier alpha value is -2.77. The summed E-state index contributed by atoms with van der Waals surface area (Å²) in [5, 5.41) is 13.1. The second kappa shape index (κ2) is 6.86. The largest absolute Gasteiger partial charge is 0.273 e. The summed E-state index contributed by atoms with van der Waals surface area (Å²) in [4.78, 5) is 10.4. The van der Waals surface area contributed by atoms with Gasteiger partial charge in [0.05, 0.1) is 9.82 Å². The van der Waals surface area contributed by atoms with Crippen LogP contribution in [0.25, 0.3) is 10.8 Å². The molecule has 3 rings (SSSR count). The summed E-state index contributed by atoms with van der Waals surface area (Å²) in [5.41, 5.74) is 0.746. The lowest BCUT2D eigenvalue weighted by Crippen LogP contribution is -2.27. The lowest BCUT2D eigenvalue weighted by atomic mass is 10.0. The van der Waals surface area contributed by atoms with Gasteiger partial charge in [-0.3, -0.25) is 10.1 Å². The van der Waals surface area contributed by atoms with Crippen molar-refractivity contribution < 1.29 is 13.3 Å². The van der Waals surface area contributed by atoms with Crippen LogP contribution < -0.4 is 4.72 Å². The van der Waals surface area contributed by atoms with Gasteiger partial charge in [0.1, 0.15) is 0 Å². The molecule has 0 heterocycles. The number of sulfonamides is 1. The summed E-state index contributed by atoms with van der Waals surface area (Å²) in [6.45, 7) is 3.20. The Morgan fingerprint density at radius 2 is 1.65 bits per heavy atom. The number of nitrogens with one attached hydrogen (secondary N) is 1. The minimum atomic E-state index is -3.92. The fourth-order valence-corrected chi connectivity index (χ4v) is 4.56. The van der Waals surface area contributed by atoms with Crippen molar-refractivity contribution in [2.45, 2.75) is 24.8 Å². The van der Waals surface area contributed by atoms with Crippen LogP contribution in [0.2, 0.25) is 0 Å². The van der Waals surface area contributed by atoms with E-state index in [2.05, 4.69) is 4.72 Å². The number of nitro benzene ring substituents is 1. The highest BCUT2D eigenvalue weighted by Crippen LogP contribution is 2.28. The van der Waals surface area contributed by atoms with Gasteiger partial charge >= 0.3 is 0 Å². The Morgan fingerprint density at radius 3 is 2.38 bits per heavy atom. The summed E-state index contributed by atoms with van der Waals surface area (Å²) in [6.07, 6.45) is 0. The maximum atomic E-state index is 12.8. The molecule has 0 spiro atoms. The van der Waals surface area contributed by atoms with Crippen LogP contribution >= 0.6 is 0 Å². The Morgan fingerprint density at radius 1 is 1.00 bits per heavy atom. The third-order valence-corrected chi connectivity index (χ3v) is 6.05. The van der Waals surface area contributed by atoms with Crippen molar-refractivity contribution in [2.75, 3.05) is 0 Å². The molecule has 0 aliphatic rings. The number of nitrogens with zero attached hydrogens (tertiary/aromatic N) is 1. The Balaban J connectivity index is 2.00. The minimum absolute atomic E-state index is 0.0845. The van der Waals surface area contributed by atoms with Crippen molar-refractivity contribution in [2.24, 2.45) is 0 Å². The van der Waals surface area contributed by atoms with Crippen LogP contribution in [-0.2, 0) is 10.0 Å². The first-order valence-corrected chi connectivity index (χ1v) is 9.53. The van der Waals surface area contributed by atoms with Crippen LogP contribution in [0.4, 0.5) is 5.69 Å². The summed E-state index contributed by atoms with van der Waals surface area (Å²) >= 11 is 0. The maximum Gasteiger partial charge on any atom is 0.273 e. The van der Waals surface area contributed by atoms with E-state index in [1.165, 1.54) is 25.1 Å². The third-order valence-electron chi connectivity index (χ3n) is 4.36. The van der Waals surface area contributed by atoms with E-state index in [9.17, 15) is 18.5 Å². The van der Waals surface area contributed by atoms with Gasteiger partial charge in [-0.1, -0.05) is 48.5 Å². The number of benzene rings is 3. The molecule has 3 aromatic rings. The van der Waals surface area contributed by atoms with Gasteiger partial charge in [-0.2, -0.15) is 0 Å². The highest BCUT2D eigenvalue weighted by atomic mass is 32.2. The zero-order valence-corrected chi connectivity index (χ0v) is 15.2. The van der Waals surface area contributed by atoms with Crippen LogP contribution in [0.1, 0.15) is 24.1 Å². The number of fused-ring (bicyclic) bond motifs is 1. The summed E-state index contributed by atoms with van der Waals surface area (Å²) in [5.74, 6) is 0. The SMILES string of the molecule is Cc1c([N+](=O)[O-])cccc1S(=O)(=O)NC(C)c1cccc2ccccc12. The molecule has 1 atom stereocenters. The van der Waals surface area contributed by atoms with Gasteiger partial charge in [-0.15, -0.1) is 0 Å². The molecule has 134 valence electrons. The zero-order valence-electron chi connectivity index (χ0n) is 14.3. The van der Waals surface area contributed by atoms with Crippen LogP contribution in [0.15, 0.2) is 65.6 Å². The number of nitro groups is 1. The normalized spacial score (nSPS) is 12.8. The van der Waals surface area contributed by atoms with E-state index < -0.39 is 21.0 Å². The molecule has 0 radical (unpaired) electrons. The van der Waals surface area contributed by atoms with E-state index >= 15 is 0 Å². The van der Waals surface area contributed by atoms with Crippen molar-refractivity contribution in [1.29, 1.82) is 0 Å². The molecule has 0 bridgehead atoms. The second-order valence-corrected chi connectivity index (χ2v) is 7.75. The standard InChI is InChI=1S/C19H18N2O4S/c1-13-18(21(22)23)11-6-12-19(13)26(24,25)20-14(2)16-10-5-8-15-7-3-4-9-17(15)16/h3-12,14,20H,1-2H3. The van der Waals surface area contributed by atoms with Crippen LogP contribution in [-0.4, -0.2) is 13.3 Å². The molecule has 0 fully saturated rings. The lowest BCUT2D eigenvalue weighted by molar-refractivity contribution is -0.385. The fraction of sp³-hybridized carbons (Fsp3) is 0.158. The Bertz CT molecular complexity index is 1090. The molecule has 0 aliphatic heterocycles. The average molecular weight is 370 g/mol. The average Bonchev–Trinajstić information content (AvgIpc) is 2.60. The van der Waals surface area contributed by atoms with Crippen molar-refractivity contribution >= 4 is 26.5 Å². The van der Waals surface area contributed by atoms with Crippen molar-refractivity contribution in [1.82, 2.24) is 4.72 Å². The fourth-order valence-electron chi connectivity index (χ4n) is 3.08. The molecule has 6 nitrogen and oxygen atoms in total. The molecule has 0 aliphatic carbocycles. The zero-order chi connectivity index (χ0) is 18.9. The summed E-state index contributed by atoms with van der Waals surface area (Å²) in [7, 11) is -3.92. The number of rotatable bonds is 5. The Kier molecular flexibility index (Phi) is 4.76. The van der Waals surface area contributed by atoms with E-state index in [0.29, 0.717) is 0 Å². The highest BCUT2D eigenvalue weighted by molar-refractivity contribution is 7.89. The lowest BCUT2D eigenvalue weighted by Gasteiger charge is -2.17. The number of hydrogen-bond acceptors (Lipinski definition) is 4. The monoisotopic (exact) mass is 370 g/mol. The first-order valence-electron chi connectivity index (χ1n) is 8.05. The quantitative estimate of drug-likeness (QED) is 0.541. The van der Waals surface area contributed by atoms with Gasteiger partial charge in [0.15, 0.2) is 0 Å². The molecule has 0 amide bonds. The van der Waals surface area contributed by atoms with Gasteiger partial charge in [0.2, 0.25) is 10.0 Å². The van der Waals surface area contributed by atoms with E-state index in [1.54, 1.807) is 6.92 Å². The van der Waals surface area contributed by atoms with E-state index in [1.807, 2.05) is 42.5 Å². The molecule has 0 aromatic heterocycles. The molecule has 0 saturated carbocycles. The van der Waals surface area contributed by atoms with Gasteiger partial charge in [-0.05, 0) is 36.2 Å². The van der Waals surface area contributed by atoms with E-state index in [0.717, 1.165) is 16.3 Å². The predicted octanol–water partition coefficient (Wildman–Crippen LogP) is 4.10. The highest BCUT2D eigenvalue weighted by Gasteiger charge is 2.25. The molecular weight excluding hydrogens is 352 g/mol. The third kappa shape index (κ3) is 3.31. The molecule has 7 heteroatoms. The molecule has 3 aromatic carbocycles.